The van der Waals surface area contributed by atoms with Gasteiger partial charge in [-0.1, -0.05) is 30.7 Å². The predicted octanol–water partition coefficient (Wildman–Crippen LogP) is 3.92. The fraction of sp³-hybridized carbons (Fsp3) is 0.316. The van der Waals surface area contributed by atoms with Gasteiger partial charge in [0.25, 0.3) is 5.91 Å². The van der Waals surface area contributed by atoms with Crippen LogP contribution in [0, 0.1) is 5.92 Å². The van der Waals surface area contributed by atoms with Crippen molar-refractivity contribution in [2.24, 2.45) is 5.92 Å². The van der Waals surface area contributed by atoms with Crippen molar-refractivity contribution >= 4 is 23.2 Å². The molecule has 3 heterocycles. The number of benzene rings is 1. The van der Waals surface area contributed by atoms with Crippen LogP contribution in [0.4, 0.5) is 0 Å². The van der Waals surface area contributed by atoms with E-state index < -0.39 is 0 Å². The molecule has 1 aliphatic rings. The van der Waals surface area contributed by atoms with Gasteiger partial charge in [0.2, 0.25) is 0 Å². The maximum Gasteiger partial charge on any atom is 0.259 e. The standard InChI is InChI=1S/C19H19ClN4O/c1-13-6-9-23(10-7-13)19(25)16-12-22-24-17(5-8-21-18(16)24)14-3-2-4-15(20)11-14/h2-5,8,11-13H,6-7,9-10H2,1H3. The molecule has 5 nitrogen and oxygen atoms in total. The second-order valence-electron chi connectivity index (χ2n) is 6.61. The molecule has 2 aromatic heterocycles. The molecule has 0 atom stereocenters. The number of piperidine rings is 1. The number of carbonyl (C=O) groups excluding carboxylic acids is 1. The third-order valence-corrected chi connectivity index (χ3v) is 5.06. The number of hydrogen-bond donors (Lipinski definition) is 0. The summed E-state index contributed by atoms with van der Waals surface area (Å²) < 4.78 is 1.71. The molecule has 3 aromatic rings. The number of halogens is 1. The SMILES string of the molecule is CC1CCN(C(=O)c2cnn3c(-c4cccc(Cl)c4)ccnc23)CC1. The molecule has 4 rings (SSSR count). The summed E-state index contributed by atoms with van der Waals surface area (Å²) in [5, 5.41) is 5.08. The Balaban J connectivity index is 1.73. The molecule has 1 aromatic carbocycles. The second kappa shape index (κ2) is 6.48. The third kappa shape index (κ3) is 3.00. The van der Waals surface area contributed by atoms with E-state index in [1.54, 1.807) is 16.9 Å². The fourth-order valence-corrected chi connectivity index (χ4v) is 3.48. The quantitative estimate of drug-likeness (QED) is 0.700. The van der Waals surface area contributed by atoms with E-state index in [2.05, 4.69) is 17.0 Å². The van der Waals surface area contributed by atoms with E-state index in [4.69, 9.17) is 11.6 Å². The van der Waals surface area contributed by atoms with Gasteiger partial charge >= 0.3 is 0 Å². The normalized spacial score (nSPS) is 15.7. The van der Waals surface area contributed by atoms with Crippen LogP contribution in [0.3, 0.4) is 0 Å². The maximum atomic E-state index is 12.9. The molecule has 1 saturated heterocycles. The highest BCUT2D eigenvalue weighted by atomic mass is 35.5. The monoisotopic (exact) mass is 354 g/mol. The first kappa shape index (κ1) is 16.1. The van der Waals surface area contributed by atoms with Crippen molar-refractivity contribution in [1.29, 1.82) is 0 Å². The van der Waals surface area contributed by atoms with Crippen LogP contribution in [0.1, 0.15) is 30.1 Å². The summed E-state index contributed by atoms with van der Waals surface area (Å²) in [6.07, 6.45) is 5.43. The van der Waals surface area contributed by atoms with Crippen LogP contribution in [-0.4, -0.2) is 38.5 Å². The van der Waals surface area contributed by atoms with Crippen molar-refractivity contribution in [3.63, 3.8) is 0 Å². The molecule has 6 heteroatoms. The summed E-state index contributed by atoms with van der Waals surface area (Å²) in [5.74, 6) is 0.693. The van der Waals surface area contributed by atoms with E-state index in [1.807, 2.05) is 35.2 Å². The van der Waals surface area contributed by atoms with Crippen LogP contribution >= 0.6 is 11.6 Å². The van der Waals surface area contributed by atoms with Gasteiger partial charge in [0, 0.05) is 29.9 Å². The zero-order valence-corrected chi connectivity index (χ0v) is 14.8. The molecule has 0 saturated carbocycles. The van der Waals surface area contributed by atoms with Gasteiger partial charge in [-0.25, -0.2) is 9.50 Å². The van der Waals surface area contributed by atoms with Crippen LogP contribution in [0.15, 0.2) is 42.7 Å². The lowest BCUT2D eigenvalue weighted by Gasteiger charge is -2.29. The highest BCUT2D eigenvalue weighted by molar-refractivity contribution is 6.30. The van der Waals surface area contributed by atoms with Crippen molar-refractivity contribution in [2.45, 2.75) is 19.8 Å². The van der Waals surface area contributed by atoms with Crippen LogP contribution < -0.4 is 0 Å². The lowest BCUT2D eigenvalue weighted by Crippen LogP contribution is -2.37. The van der Waals surface area contributed by atoms with Crippen LogP contribution in [0.2, 0.25) is 5.02 Å². The smallest absolute Gasteiger partial charge is 0.259 e. The number of nitrogens with zero attached hydrogens (tertiary/aromatic N) is 4. The first-order valence-electron chi connectivity index (χ1n) is 8.51. The highest BCUT2D eigenvalue weighted by Gasteiger charge is 2.25. The number of aromatic nitrogens is 3. The first-order valence-corrected chi connectivity index (χ1v) is 8.89. The van der Waals surface area contributed by atoms with Gasteiger partial charge in [0.15, 0.2) is 5.65 Å². The van der Waals surface area contributed by atoms with Crippen molar-refractivity contribution < 1.29 is 4.79 Å². The van der Waals surface area contributed by atoms with Crippen LogP contribution in [0.25, 0.3) is 16.9 Å². The number of rotatable bonds is 2. The molecule has 1 fully saturated rings. The summed E-state index contributed by atoms with van der Waals surface area (Å²) in [6.45, 7) is 3.83. The largest absolute Gasteiger partial charge is 0.338 e. The predicted molar refractivity (Wildman–Crippen MR) is 97.7 cm³/mol. The molecule has 0 bridgehead atoms. The van der Waals surface area contributed by atoms with E-state index in [-0.39, 0.29) is 5.91 Å². The van der Waals surface area contributed by atoms with E-state index in [0.717, 1.165) is 37.2 Å². The first-order chi connectivity index (χ1) is 12.1. The number of likely N-dealkylation sites (tertiary alicyclic amines) is 1. The van der Waals surface area contributed by atoms with Crippen molar-refractivity contribution in [3.05, 3.63) is 53.3 Å². The third-order valence-electron chi connectivity index (χ3n) is 4.82. The maximum absolute atomic E-state index is 12.9. The molecule has 0 unspecified atom stereocenters. The average Bonchev–Trinajstić information content (AvgIpc) is 3.06. The van der Waals surface area contributed by atoms with Gasteiger partial charge < -0.3 is 4.90 Å². The fourth-order valence-electron chi connectivity index (χ4n) is 3.29. The van der Waals surface area contributed by atoms with Gasteiger partial charge in [-0.2, -0.15) is 5.10 Å². The Bertz CT molecular complexity index is 928. The molecule has 128 valence electrons. The lowest BCUT2D eigenvalue weighted by molar-refractivity contribution is 0.0699. The molecule has 1 amide bonds. The summed E-state index contributed by atoms with van der Waals surface area (Å²) in [5.41, 5.74) is 2.94. The van der Waals surface area contributed by atoms with Gasteiger partial charge in [-0.15, -0.1) is 0 Å². The Morgan fingerprint density at radius 1 is 1.24 bits per heavy atom. The minimum absolute atomic E-state index is 0.0117. The van der Waals surface area contributed by atoms with Gasteiger partial charge in [0.05, 0.1) is 11.9 Å². The second-order valence-corrected chi connectivity index (χ2v) is 7.05. The zero-order chi connectivity index (χ0) is 17.4. The minimum atomic E-state index is 0.0117. The molecule has 0 aliphatic carbocycles. The molecule has 0 spiro atoms. The molecular formula is C19H19ClN4O. The Kier molecular flexibility index (Phi) is 4.17. The van der Waals surface area contributed by atoms with Crippen LogP contribution in [-0.2, 0) is 0 Å². The van der Waals surface area contributed by atoms with Crippen molar-refractivity contribution in [2.75, 3.05) is 13.1 Å². The van der Waals surface area contributed by atoms with Crippen molar-refractivity contribution in [1.82, 2.24) is 19.5 Å². The Morgan fingerprint density at radius 3 is 2.80 bits per heavy atom. The number of carbonyl (C=O) groups is 1. The Hall–Kier alpha value is -2.40. The van der Waals surface area contributed by atoms with Gasteiger partial charge in [0.1, 0.15) is 5.56 Å². The molecule has 25 heavy (non-hydrogen) atoms. The Labute approximate surface area is 151 Å². The van der Waals surface area contributed by atoms with E-state index >= 15 is 0 Å². The summed E-state index contributed by atoms with van der Waals surface area (Å²) in [7, 11) is 0. The van der Waals surface area contributed by atoms with Crippen LogP contribution in [0.5, 0.6) is 0 Å². The van der Waals surface area contributed by atoms with E-state index in [9.17, 15) is 4.79 Å². The van der Waals surface area contributed by atoms with Gasteiger partial charge in [-0.05, 0) is 37.0 Å². The molecule has 0 radical (unpaired) electrons. The summed E-state index contributed by atoms with van der Waals surface area (Å²) >= 11 is 6.11. The minimum Gasteiger partial charge on any atom is -0.338 e. The molecule has 1 aliphatic heterocycles. The number of hydrogen-bond acceptors (Lipinski definition) is 3. The van der Waals surface area contributed by atoms with E-state index in [1.165, 1.54) is 0 Å². The van der Waals surface area contributed by atoms with Gasteiger partial charge in [-0.3, -0.25) is 4.79 Å². The average molecular weight is 355 g/mol. The lowest BCUT2D eigenvalue weighted by atomic mass is 9.99. The van der Waals surface area contributed by atoms with Crippen molar-refractivity contribution in [3.8, 4) is 11.3 Å². The summed E-state index contributed by atoms with van der Waals surface area (Å²) in [6, 6.07) is 9.46. The topological polar surface area (TPSA) is 50.5 Å². The number of fused-ring (bicyclic) bond motifs is 1. The Morgan fingerprint density at radius 2 is 2.04 bits per heavy atom. The molecular weight excluding hydrogens is 336 g/mol. The summed E-state index contributed by atoms with van der Waals surface area (Å²) in [4.78, 5) is 19.2. The number of amides is 1. The molecule has 0 N–H and O–H groups in total. The zero-order valence-electron chi connectivity index (χ0n) is 14.0. The van der Waals surface area contributed by atoms with E-state index in [0.29, 0.717) is 22.2 Å². The highest BCUT2D eigenvalue weighted by Crippen LogP contribution is 2.25.